The third-order valence-electron chi connectivity index (χ3n) is 3.53. The van der Waals surface area contributed by atoms with Gasteiger partial charge >= 0.3 is 11.9 Å². The fraction of sp³-hybridized carbons (Fsp3) is 0.250. The fourth-order valence-electron chi connectivity index (χ4n) is 2.52. The molecule has 0 spiro atoms. The van der Waals surface area contributed by atoms with Gasteiger partial charge in [-0.05, 0) is 22.9 Å². The Labute approximate surface area is 141 Å². The number of methoxy groups -OCH3 is 2. The molecule has 2 aromatic rings. The molecule has 1 aliphatic heterocycles. The predicted molar refractivity (Wildman–Crippen MR) is 86.9 cm³/mol. The Bertz CT molecular complexity index is 731. The molecule has 0 bridgehead atoms. The van der Waals surface area contributed by atoms with E-state index in [0.29, 0.717) is 5.76 Å². The third-order valence-corrected chi connectivity index (χ3v) is 5.33. The largest absolute Gasteiger partial charge is 0.482 e. The van der Waals surface area contributed by atoms with Crippen molar-refractivity contribution in [3.8, 4) is 0 Å². The van der Waals surface area contributed by atoms with Crippen LogP contribution < -0.4 is 0 Å². The van der Waals surface area contributed by atoms with Gasteiger partial charge in [-0.2, -0.15) is 0 Å². The van der Waals surface area contributed by atoms with E-state index < -0.39 is 24.0 Å². The van der Waals surface area contributed by atoms with Crippen LogP contribution in [0.15, 0.2) is 40.6 Å². The van der Waals surface area contributed by atoms with E-state index in [9.17, 15) is 9.59 Å². The maximum Gasteiger partial charge on any atom is 0.338 e. The summed E-state index contributed by atoms with van der Waals surface area (Å²) >= 11 is 2.90. The van der Waals surface area contributed by atoms with E-state index in [1.165, 1.54) is 36.9 Å². The van der Waals surface area contributed by atoms with Crippen molar-refractivity contribution in [2.24, 2.45) is 5.92 Å². The summed E-state index contributed by atoms with van der Waals surface area (Å²) in [6, 6.07) is 7.45. The molecule has 0 fully saturated rings. The van der Waals surface area contributed by atoms with Crippen LogP contribution in [0.4, 0.5) is 0 Å². The number of hydrogen-bond donors (Lipinski definition) is 0. The van der Waals surface area contributed by atoms with Crippen molar-refractivity contribution in [1.82, 2.24) is 0 Å². The molecule has 7 heteroatoms. The zero-order valence-corrected chi connectivity index (χ0v) is 14.1. The lowest BCUT2D eigenvalue weighted by Gasteiger charge is -2.17. The number of carbonyl (C=O) groups is 2. The molecule has 0 N–H and O–H groups in total. The van der Waals surface area contributed by atoms with Crippen LogP contribution in [0.25, 0.3) is 5.76 Å². The van der Waals surface area contributed by atoms with Crippen LogP contribution in [0.2, 0.25) is 0 Å². The lowest BCUT2D eigenvalue weighted by Crippen LogP contribution is -2.26. The first-order valence-corrected chi connectivity index (χ1v) is 8.57. The fourth-order valence-corrected chi connectivity index (χ4v) is 4.04. The highest BCUT2D eigenvalue weighted by Crippen LogP contribution is 2.47. The summed E-state index contributed by atoms with van der Waals surface area (Å²) in [5.41, 5.74) is 0.209. The normalized spacial score (nSPS) is 20.3. The third kappa shape index (κ3) is 2.77. The summed E-state index contributed by atoms with van der Waals surface area (Å²) in [5, 5.41) is 3.78. The quantitative estimate of drug-likeness (QED) is 0.792. The number of esters is 2. The highest BCUT2D eigenvalue weighted by atomic mass is 32.1. The second-order valence-corrected chi connectivity index (χ2v) is 6.69. The van der Waals surface area contributed by atoms with E-state index in [4.69, 9.17) is 14.2 Å². The maximum atomic E-state index is 12.3. The van der Waals surface area contributed by atoms with Crippen molar-refractivity contribution in [2.75, 3.05) is 14.2 Å². The highest BCUT2D eigenvalue weighted by Gasteiger charge is 2.48. The van der Waals surface area contributed by atoms with Crippen LogP contribution in [-0.2, 0) is 23.8 Å². The first-order valence-electron chi connectivity index (χ1n) is 6.81. The van der Waals surface area contributed by atoms with Crippen molar-refractivity contribution < 1.29 is 23.8 Å². The molecule has 3 rings (SSSR count). The molecule has 0 aromatic carbocycles. The average Bonchev–Trinajstić information content (AvgIpc) is 3.31. The summed E-state index contributed by atoms with van der Waals surface area (Å²) < 4.78 is 15.8. The minimum absolute atomic E-state index is 0.209. The van der Waals surface area contributed by atoms with Crippen molar-refractivity contribution in [3.05, 3.63) is 50.4 Å². The van der Waals surface area contributed by atoms with E-state index in [0.717, 1.165) is 9.75 Å². The average molecular weight is 350 g/mol. The molecule has 3 heterocycles. The standard InChI is InChI=1S/C16H14O5S2/c1-19-15(17)11-12(16(18)20-2)14(10-6-4-8-23-10)21-13(11)9-5-3-7-22-9/h3-8,11,13H,1-2H3/t11-,13+/m1/s1. The lowest BCUT2D eigenvalue weighted by molar-refractivity contribution is -0.149. The second-order valence-electron chi connectivity index (χ2n) is 4.77. The Morgan fingerprint density at radius 2 is 1.83 bits per heavy atom. The second kappa shape index (κ2) is 6.55. The van der Waals surface area contributed by atoms with E-state index in [-0.39, 0.29) is 5.57 Å². The Morgan fingerprint density at radius 1 is 1.09 bits per heavy atom. The molecule has 2 atom stereocenters. The van der Waals surface area contributed by atoms with Crippen LogP contribution in [-0.4, -0.2) is 26.2 Å². The van der Waals surface area contributed by atoms with Gasteiger partial charge in [0.2, 0.25) is 0 Å². The number of ether oxygens (including phenoxy) is 3. The number of rotatable bonds is 4. The van der Waals surface area contributed by atoms with Gasteiger partial charge in [0, 0.05) is 4.88 Å². The van der Waals surface area contributed by atoms with Crippen LogP contribution in [0.5, 0.6) is 0 Å². The minimum Gasteiger partial charge on any atom is -0.482 e. The molecule has 23 heavy (non-hydrogen) atoms. The smallest absolute Gasteiger partial charge is 0.338 e. The van der Waals surface area contributed by atoms with Gasteiger partial charge in [-0.25, -0.2) is 4.79 Å². The molecule has 0 amide bonds. The Balaban J connectivity index is 2.13. The molecule has 1 aliphatic rings. The van der Waals surface area contributed by atoms with E-state index in [2.05, 4.69) is 0 Å². The molecule has 0 unspecified atom stereocenters. The summed E-state index contributed by atoms with van der Waals surface area (Å²) in [5.74, 6) is -1.55. The molecule has 120 valence electrons. The van der Waals surface area contributed by atoms with E-state index >= 15 is 0 Å². The zero-order chi connectivity index (χ0) is 16.4. The first-order chi connectivity index (χ1) is 11.2. The van der Waals surface area contributed by atoms with Crippen LogP contribution in [0, 0.1) is 5.92 Å². The summed E-state index contributed by atoms with van der Waals surface area (Å²) in [7, 11) is 2.58. The van der Waals surface area contributed by atoms with Gasteiger partial charge in [0.25, 0.3) is 0 Å². The van der Waals surface area contributed by atoms with E-state index in [1.54, 1.807) is 0 Å². The lowest BCUT2D eigenvalue weighted by atomic mass is 9.93. The predicted octanol–water partition coefficient (Wildman–Crippen LogP) is 3.25. The van der Waals surface area contributed by atoms with Crippen LogP contribution >= 0.6 is 22.7 Å². The van der Waals surface area contributed by atoms with Crippen LogP contribution in [0.1, 0.15) is 15.9 Å². The Hall–Kier alpha value is -2.12. The molecule has 5 nitrogen and oxygen atoms in total. The summed E-state index contributed by atoms with van der Waals surface area (Å²) in [4.78, 5) is 26.3. The van der Waals surface area contributed by atoms with Crippen molar-refractivity contribution in [2.45, 2.75) is 6.10 Å². The Morgan fingerprint density at radius 3 is 2.39 bits per heavy atom. The monoisotopic (exact) mass is 350 g/mol. The SMILES string of the molecule is COC(=O)C1=C(c2cccs2)O[C@@H](c2cccs2)[C@@H]1C(=O)OC. The first kappa shape index (κ1) is 15.8. The van der Waals surface area contributed by atoms with Gasteiger partial charge < -0.3 is 14.2 Å². The summed E-state index contributed by atoms with van der Waals surface area (Å²) in [6.45, 7) is 0. The zero-order valence-electron chi connectivity index (χ0n) is 12.5. The van der Waals surface area contributed by atoms with Gasteiger partial charge in [0.05, 0.1) is 24.7 Å². The van der Waals surface area contributed by atoms with Crippen molar-refractivity contribution >= 4 is 40.4 Å². The van der Waals surface area contributed by atoms with Crippen molar-refractivity contribution in [1.29, 1.82) is 0 Å². The number of thiophene rings is 2. The molecule has 0 saturated carbocycles. The van der Waals surface area contributed by atoms with Gasteiger partial charge in [0.15, 0.2) is 6.10 Å². The van der Waals surface area contributed by atoms with Gasteiger partial charge in [-0.1, -0.05) is 12.1 Å². The topological polar surface area (TPSA) is 61.8 Å². The molecular formula is C16H14O5S2. The minimum atomic E-state index is -0.844. The maximum absolute atomic E-state index is 12.3. The van der Waals surface area contributed by atoms with Crippen molar-refractivity contribution in [3.63, 3.8) is 0 Å². The molecule has 2 aromatic heterocycles. The Kier molecular flexibility index (Phi) is 4.49. The van der Waals surface area contributed by atoms with Gasteiger partial charge in [-0.3, -0.25) is 4.79 Å². The summed E-state index contributed by atoms with van der Waals surface area (Å²) in [6.07, 6.45) is -0.589. The molecule has 0 aliphatic carbocycles. The molecular weight excluding hydrogens is 336 g/mol. The molecule has 0 radical (unpaired) electrons. The van der Waals surface area contributed by atoms with Crippen LogP contribution in [0.3, 0.4) is 0 Å². The number of carbonyl (C=O) groups excluding carboxylic acids is 2. The number of hydrogen-bond acceptors (Lipinski definition) is 7. The van der Waals surface area contributed by atoms with Gasteiger partial charge in [0.1, 0.15) is 11.7 Å². The van der Waals surface area contributed by atoms with E-state index in [1.807, 2.05) is 35.0 Å². The highest BCUT2D eigenvalue weighted by molar-refractivity contribution is 7.11. The molecule has 0 saturated heterocycles. The van der Waals surface area contributed by atoms with Gasteiger partial charge in [-0.15, -0.1) is 22.7 Å².